The first-order valence-corrected chi connectivity index (χ1v) is 7.15. The van der Waals surface area contributed by atoms with Crippen molar-refractivity contribution in [2.75, 3.05) is 31.6 Å². The van der Waals surface area contributed by atoms with Gasteiger partial charge in [-0.15, -0.1) is 0 Å². The van der Waals surface area contributed by atoms with Crippen LogP contribution in [0.1, 0.15) is 33.1 Å². The predicted molar refractivity (Wildman–Crippen MR) is 80.2 cm³/mol. The average Bonchev–Trinajstić information content (AvgIpc) is 2.42. The molecule has 0 aromatic heterocycles. The second-order valence-electron chi connectivity index (χ2n) is 4.30. The highest BCUT2D eigenvalue weighted by atomic mass is 16.5. The molecule has 0 aliphatic carbocycles. The smallest absolute Gasteiger partial charge is 0.163 e. The summed E-state index contributed by atoms with van der Waals surface area (Å²) in [5, 5.41) is 3.40. The van der Waals surface area contributed by atoms with Crippen LogP contribution < -0.4 is 20.5 Å². The number of unbranched alkanes of at least 4 members (excludes halogenated alkanes) is 2. The van der Waals surface area contributed by atoms with Crippen LogP contribution >= 0.6 is 0 Å². The molecule has 19 heavy (non-hydrogen) atoms. The summed E-state index contributed by atoms with van der Waals surface area (Å²) in [6.07, 6.45) is 3.39. The van der Waals surface area contributed by atoms with Crippen molar-refractivity contribution in [1.82, 2.24) is 0 Å². The molecule has 4 heteroatoms. The molecular weight excluding hydrogens is 240 g/mol. The van der Waals surface area contributed by atoms with Crippen molar-refractivity contribution >= 4 is 5.69 Å². The normalized spacial score (nSPS) is 10.3. The van der Waals surface area contributed by atoms with Crippen LogP contribution in [0.4, 0.5) is 5.69 Å². The number of nitrogens with one attached hydrogen (secondary N) is 1. The van der Waals surface area contributed by atoms with Gasteiger partial charge in [0.25, 0.3) is 0 Å². The van der Waals surface area contributed by atoms with Crippen molar-refractivity contribution in [3.05, 3.63) is 18.2 Å². The molecule has 0 atom stereocenters. The lowest BCUT2D eigenvalue weighted by Crippen LogP contribution is -2.05. The van der Waals surface area contributed by atoms with E-state index in [9.17, 15) is 0 Å². The number of hydrogen-bond donors (Lipinski definition) is 2. The van der Waals surface area contributed by atoms with Crippen molar-refractivity contribution in [1.29, 1.82) is 0 Å². The first-order chi connectivity index (χ1) is 9.31. The highest BCUT2D eigenvalue weighted by molar-refractivity contribution is 5.54. The van der Waals surface area contributed by atoms with Crippen molar-refractivity contribution in [3.63, 3.8) is 0 Å². The first kappa shape index (κ1) is 15.6. The molecule has 0 saturated carbocycles. The van der Waals surface area contributed by atoms with Crippen LogP contribution in [0, 0.1) is 0 Å². The molecule has 0 spiro atoms. The van der Waals surface area contributed by atoms with E-state index in [1.54, 1.807) is 0 Å². The zero-order chi connectivity index (χ0) is 13.9. The van der Waals surface area contributed by atoms with Gasteiger partial charge >= 0.3 is 0 Å². The van der Waals surface area contributed by atoms with E-state index in [-0.39, 0.29) is 0 Å². The highest BCUT2D eigenvalue weighted by Crippen LogP contribution is 2.30. The van der Waals surface area contributed by atoms with Gasteiger partial charge in [-0.25, -0.2) is 0 Å². The summed E-state index contributed by atoms with van der Waals surface area (Å²) in [6.45, 7) is 6.96. The second kappa shape index (κ2) is 9.50. The van der Waals surface area contributed by atoms with Gasteiger partial charge in [-0.05, 0) is 45.4 Å². The zero-order valence-electron chi connectivity index (χ0n) is 12.1. The molecule has 0 amide bonds. The van der Waals surface area contributed by atoms with Crippen LogP contribution in [-0.2, 0) is 0 Å². The lowest BCUT2D eigenvalue weighted by molar-refractivity contribution is 0.288. The molecule has 4 nitrogen and oxygen atoms in total. The molecular formula is C15H26N2O2. The molecule has 108 valence electrons. The van der Waals surface area contributed by atoms with Gasteiger partial charge in [0, 0.05) is 18.3 Å². The molecule has 0 aliphatic heterocycles. The summed E-state index contributed by atoms with van der Waals surface area (Å²) in [4.78, 5) is 0. The zero-order valence-corrected chi connectivity index (χ0v) is 12.1. The average molecular weight is 266 g/mol. The number of hydrogen-bond acceptors (Lipinski definition) is 4. The van der Waals surface area contributed by atoms with Gasteiger partial charge in [0.05, 0.1) is 13.2 Å². The molecule has 3 N–H and O–H groups in total. The number of nitrogens with two attached hydrogens (primary N) is 1. The van der Waals surface area contributed by atoms with Crippen LogP contribution in [0.5, 0.6) is 11.5 Å². The molecule has 1 aromatic carbocycles. The van der Waals surface area contributed by atoms with E-state index in [1.807, 2.05) is 32.0 Å². The standard InChI is InChI=1S/C15H26N2O2/c1-3-18-14-9-8-13(12-15(14)19-4-2)17-11-7-5-6-10-16/h8-9,12,17H,3-7,10-11,16H2,1-2H3. The van der Waals surface area contributed by atoms with Crippen molar-refractivity contribution in [3.8, 4) is 11.5 Å². The lowest BCUT2D eigenvalue weighted by Gasteiger charge is -2.13. The van der Waals surface area contributed by atoms with E-state index >= 15 is 0 Å². The molecule has 0 unspecified atom stereocenters. The van der Waals surface area contributed by atoms with Crippen LogP contribution in [0.3, 0.4) is 0 Å². The summed E-state index contributed by atoms with van der Waals surface area (Å²) in [6, 6.07) is 5.98. The third-order valence-corrected chi connectivity index (χ3v) is 2.75. The first-order valence-electron chi connectivity index (χ1n) is 7.15. The Morgan fingerprint density at radius 3 is 2.42 bits per heavy atom. The number of rotatable bonds is 10. The Kier molecular flexibility index (Phi) is 7.82. The van der Waals surface area contributed by atoms with Crippen molar-refractivity contribution in [2.24, 2.45) is 5.73 Å². The van der Waals surface area contributed by atoms with Gasteiger partial charge in [0.15, 0.2) is 11.5 Å². The molecule has 0 radical (unpaired) electrons. The highest BCUT2D eigenvalue weighted by Gasteiger charge is 2.05. The maximum Gasteiger partial charge on any atom is 0.163 e. The van der Waals surface area contributed by atoms with Crippen molar-refractivity contribution < 1.29 is 9.47 Å². The third-order valence-electron chi connectivity index (χ3n) is 2.75. The van der Waals surface area contributed by atoms with E-state index in [1.165, 1.54) is 6.42 Å². The van der Waals surface area contributed by atoms with E-state index in [4.69, 9.17) is 15.2 Å². The summed E-state index contributed by atoms with van der Waals surface area (Å²) in [7, 11) is 0. The molecule has 1 aromatic rings. The van der Waals surface area contributed by atoms with E-state index in [2.05, 4.69) is 5.32 Å². The van der Waals surface area contributed by atoms with Crippen LogP contribution in [0.2, 0.25) is 0 Å². The van der Waals surface area contributed by atoms with Crippen molar-refractivity contribution in [2.45, 2.75) is 33.1 Å². The largest absolute Gasteiger partial charge is 0.490 e. The van der Waals surface area contributed by atoms with Gasteiger partial charge < -0.3 is 20.5 Å². The SMILES string of the molecule is CCOc1ccc(NCCCCCN)cc1OCC. The maximum atomic E-state index is 5.59. The van der Waals surface area contributed by atoms with E-state index < -0.39 is 0 Å². The minimum atomic E-state index is 0.639. The fraction of sp³-hybridized carbons (Fsp3) is 0.600. The molecule has 0 bridgehead atoms. The lowest BCUT2D eigenvalue weighted by atomic mass is 10.2. The van der Waals surface area contributed by atoms with E-state index in [0.717, 1.165) is 43.1 Å². The van der Waals surface area contributed by atoms with Gasteiger partial charge in [0.1, 0.15) is 0 Å². The Bertz CT molecular complexity index is 356. The van der Waals surface area contributed by atoms with E-state index in [0.29, 0.717) is 13.2 Å². The van der Waals surface area contributed by atoms with Crippen LogP contribution in [-0.4, -0.2) is 26.3 Å². The topological polar surface area (TPSA) is 56.5 Å². The second-order valence-corrected chi connectivity index (χ2v) is 4.30. The Hall–Kier alpha value is -1.42. The Morgan fingerprint density at radius 2 is 1.74 bits per heavy atom. The van der Waals surface area contributed by atoms with Gasteiger partial charge in [-0.2, -0.15) is 0 Å². The number of benzene rings is 1. The van der Waals surface area contributed by atoms with Crippen LogP contribution in [0.25, 0.3) is 0 Å². The predicted octanol–water partition coefficient (Wildman–Crippen LogP) is 3.02. The maximum absolute atomic E-state index is 5.59. The molecule has 0 aliphatic rings. The minimum Gasteiger partial charge on any atom is -0.490 e. The van der Waals surface area contributed by atoms with Gasteiger partial charge in [-0.1, -0.05) is 6.42 Å². The summed E-state index contributed by atoms with van der Waals surface area (Å²) >= 11 is 0. The summed E-state index contributed by atoms with van der Waals surface area (Å²) in [5.74, 6) is 1.61. The molecule has 0 heterocycles. The number of ether oxygens (including phenoxy) is 2. The molecule has 0 saturated heterocycles. The third kappa shape index (κ3) is 5.83. The fourth-order valence-electron chi connectivity index (χ4n) is 1.84. The number of anilines is 1. The summed E-state index contributed by atoms with van der Waals surface area (Å²) in [5.41, 5.74) is 6.54. The molecule has 0 fully saturated rings. The van der Waals surface area contributed by atoms with Crippen LogP contribution in [0.15, 0.2) is 18.2 Å². The Morgan fingerprint density at radius 1 is 1.00 bits per heavy atom. The summed E-state index contributed by atoms with van der Waals surface area (Å²) < 4.78 is 11.1. The fourth-order valence-corrected chi connectivity index (χ4v) is 1.84. The van der Waals surface area contributed by atoms with Gasteiger partial charge in [0.2, 0.25) is 0 Å². The monoisotopic (exact) mass is 266 g/mol. The minimum absolute atomic E-state index is 0.639. The quantitative estimate of drug-likeness (QED) is 0.639. The Balaban J connectivity index is 2.51. The Labute approximate surface area is 116 Å². The molecule has 1 rings (SSSR count). The van der Waals surface area contributed by atoms with Gasteiger partial charge in [-0.3, -0.25) is 0 Å².